The Morgan fingerprint density at radius 2 is 2.11 bits per heavy atom. The number of nitrogens with zero attached hydrogens (tertiary/aromatic N) is 2. The minimum absolute atomic E-state index is 0.0968. The Balaban J connectivity index is 2.91. The lowest BCUT2D eigenvalue weighted by atomic mass is 9.96. The third-order valence-electron chi connectivity index (χ3n) is 2.50. The number of aromatic nitrogens is 2. The lowest BCUT2D eigenvalue weighted by Crippen LogP contribution is -2.18. The molecule has 0 amide bonds. The van der Waals surface area contributed by atoms with Crippen LogP contribution in [0.3, 0.4) is 0 Å². The molecule has 1 aromatic heterocycles. The van der Waals surface area contributed by atoms with Gasteiger partial charge in [0.25, 0.3) is 0 Å². The van der Waals surface area contributed by atoms with Crippen LogP contribution in [0.15, 0.2) is 18.7 Å². The van der Waals surface area contributed by atoms with E-state index in [1.54, 1.807) is 0 Å². The summed E-state index contributed by atoms with van der Waals surface area (Å²) < 4.78 is 5.64. The number of hydrogen-bond donors (Lipinski definition) is 1. The molecule has 0 radical (unpaired) electrons. The van der Waals surface area contributed by atoms with E-state index >= 15 is 0 Å². The third kappa shape index (κ3) is 5.28. The zero-order chi connectivity index (χ0) is 14.3. The smallest absolute Gasteiger partial charge is 0.218 e. The monoisotopic (exact) mass is 263 g/mol. The first-order valence-electron chi connectivity index (χ1n) is 6.84. The summed E-state index contributed by atoms with van der Waals surface area (Å²) in [5.41, 5.74) is -0.0968. The van der Waals surface area contributed by atoms with Gasteiger partial charge in [-0.3, -0.25) is 0 Å². The highest BCUT2D eigenvalue weighted by Gasteiger charge is 2.19. The van der Waals surface area contributed by atoms with E-state index in [-0.39, 0.29) is 5.41 Å². The molecule has 0 aliphatic rings. The maximum atomic E-state index is 5.64. The molecule has 0 saturated heterocycles. The molecule has 4 nitrogen and oxygen atoms in total. The summed E-state index contributed by atoms with van der Waals surface area (Å²) in [6, 6.07) is 1.86. The van der Waals surface area contributed by atoms with Crippen molar-refractivity contribution >= 4 is 5.82 Å². The van der Waals surface area contributed by atoms with E-state index in [0.717, 1.165) is 31.0 Å². The van der Waals surface area contributed by atoms with E-state index < -0.39 is 0 Å². The van der Waals surface area contributed by atoms with Crippen molar-refractivity contribution in [3.8, 4) is 5.88 Å². The molecule has 1 N–H and O–H groups in total. The van der Waals surface area contributed by atoms with Crippen molar-refractivity contribution in [1.82, 2.24) is 9.97 Å². The molecule has 1 heterocycles. The van der Waals surface area contributed by atoms with Crippen LogP contribution in [-0.4, -0.2) is 23.1 Å². The summed E-state index contributed by atoms with van der Waals surface area (Å²) in [5, 5.41) is 3.29. The van der Waals surface area contributed by atoms with Gasteiger partial charge in [-0.25, -0.2) is 4.98 Å². The molecule has 19 heavy (non-hydrogen) atoms. The van der Waals surface area contributed by atoms with Gasteiger partial charge in [-0.1, -0.05) is 33.8 Å². The molecule has 0 bridgehead atoms. The van der Waals surface area contributed by atoms with Crippen molar-refractivity contribution in [3.63, 3.8) is 0 Å². The minimum atomic E-state index is -0.0968. The van der Waals surface area contributed by atoms with Gasteiger partial charge in [0.15, 0.2) is 0 Å². The molecule has 0 saturated carbocycles. The SMILES string of the molecule is C=CCCOc1cc(NCCC)nc(C(C)(C)C)n1. The van der Waals surface area contributed by atoms with E-state index in [1.165, 1.54) is 0 Å². The average Bonchev–Trinajstić information content (AvgIpc) is 2.35. The molecule has 4 heteroatoms. The van der Waals surface area contributed by atoms with Gasteiger partial charge in [0.1, 0.15) is 11.6 Å². The maximum absolute atomic E-state index is 5.64. The molecule has 0 aliphatic carbocycles. The number of anilines is 1. The van der Waals surface area contributed by atoms with Crippen LogP contribution in [0.25, 0.3) is 0 Å². The van der Waals surface area contributed by atoms with Crippen molar-refractivity contribution in [2.24, 2.45) is 0 Å². The van der Waals surface area contributed by atoms with E-state index in [9.17, 15) is 0 Å². The van der Waals surface area contributed by atoms with Crippen LogP contribution in [0.5, 0.6) is 5.88 Å². The van der Waals surface area contributed by atoms with Crippen LogP contribution < -0.4 is 10.1 Å². The Bertz CT molecular complexity index is 410. The number of rotatable bonds is 7. The summed E-state index contributed by atoms with van der Waals surface area (Å²) in [6.07, 6.45) is 3.70. The highest BCUT2D eigenvalue weighted by molar-refractivity contribution is 5.39. The number of nitrogens with one attached hydrogen (secondary N) is 1. The fraction of sp³-hybridized carbons (Fsp3) is 0.600. The van der Waals surface area contributed by atoms with E-state index in [4.69, 9.17) is 4.74 Å². The molecule has 0 aliphatic heterocycles. The molecule has 0 aromatic carbocycles. The normalized spacial score (nSPS) is 11.2. The van der Waals surface area contributed by atoms with E-state index in [1.807, 2.05) is 12.1 Å². The summed E-state index contributed by atoms with van der Waals surface area (Å²) >= 11 is 0. The second-order valence-corrected chi connectivity index (χ2v) is 5.52. The maximum Gasteiger partial charge on any atom is 0.218 e. The first-order chi connectivity index (χ1) is 8.97. The molecule has 0 atom stereocenters. The molecule has 106 valence electrons. The lowest BCUT2D eigenvalue weighted by molar-refractivity contribution is 0.308. The summed E-state index contributed by atoms with van der Waals surface area (Å²) in [5.74, 6) is 2.25. The van der Waals surface area contributed by atoms with Crippen molar-refractivity contribution < 1.29 is 4.74 Å². The van der Waals surface area contributed by atoms with Gasteiger partial charge >= 0.3 is 0 Å². The molecule has 0 fully saturated rings. The fourth-order valence-corrected chi connectivity index (χ4v) is 1.42. The predicted octanol–water partition coefficient (Wildman–Crippen LogP) is 3.55. The van der Waals surface area contributed by atoms with Crippen LogP contribution in [0.1, 0.15) is 46.4 Å². The number of ether oxygens (including phenoxy) is 1. The zero-order valence-electron chi connectivity index (χ0n) is 12.5. The topological polar surface area (TPSA) is 47.0 Å². The van der Waals surface area contributed by atoms with Crippen LogP contribution in [0.4, 0.5) is 5.82 Å². The van der Waals surface area contributed by atoms with Crippen molar-refractivity contribution in [2.75, 3.05) is 18.5 Å². The Hall–Kier alpha value is -1.58. The summed E-state index contributed by atoms with van der Waals surface area (Å²) in [4.78, 5) is 9.02. The van der Waals surface area contributed by atoms with Gasteiger partial charge < -0.3 is 10.1 Å². The largest absolute Gasteiger partial charge is 0.477 e. The van der Waals surface area contributed by atoms with Crippen LogP contribution in [0, 0.1) is 0 Å². The number of hydrogen-bond acceptors (Lipinski definition) is 4. The summed E-state index contributed by atoms with van der Waals surface area (Å²) in [7, 11) is 0. The third-order valence-corrected chi connectivity index (χ3v) is 2.50. The predicted molar refractivity (Wildman–Crippen MR) is 79.8 cm³/mol. The average molecular weight is 263 g/mol. The van der Waals surface area contributed by atoms with Crippen LogP contribution >= 0.6 is 0 Å². The molecule has 0 unspecified atom stereocenters. The summed E-state index contributed by atoms with van der Waals surface area (Å²) in [6.45, 7) is 13.6. The molecule has 1 rings (SSSR count). The van der Waals surface area contributed by atoms with Crippen molar-refractivity contribution in [3.05, 3.63) is 24.5 Å². The Morgan fingerprint density at radius 3 is 2.68 bits per heavy atom. The van der Waals surface area contributed by atoms with Gasteiger partial charge in [-0.2, -0.15) is 4.98 Å². The Kier molecular flexibility index (Phi) is 5.80. The lowest BCUT2D eigenvalue weighted by Gasteiger charge is -2.19. The molecular weight excluding hydrogens is 238 g/mol. The highest BCUT2D eigenvalue weighted by atomic mass is 16.5. The second kappa shape index (κ2) is 7.12. The Morgan fingerprint density at radius 1 is 1.37 bits per heavy atom. The van der Waals surface area contributed by atoms with E-state index in [0.29, 0.717) is 12.5 Å². The molecule has 0 spiro atoms. The molecule has 1 aromatic rings. The minimum Gasteiger partial charge on any atom is -0.477 e. The van der Waals surface area contributed by atoms with Gasteiger partial charge in [-0.05, 0) is 12.8 Å². The van der Waals surface area contributed by atoms with Crippen molar-refractivity contribution in [1.29, 1.82) is 0 Å². The first kappa shape index (κ1) is 15.5. The van der Waals surface area contributed by atoms with E-state index in [2.05, 4.69) is 49.6 Å². The van der Waals surface area contributed by atoms with Crippen LogP contribution in [-0.2, 0) is 5.41 Å². The fourth-order valence-electron chi connectivity index (χ4n) is 1.42. The highest BCUT2D eigenvalue weighted by Crippen LogP contribution is 2.23. The first-order valence-corrected chi connectivity index (χ1v) is 6.84. The second-order valence-electron chi connectivity index (χ2n) is 5.52. The van der Waals surface area contributed by atoms with Gasteiger partial charge in [0.05, 0.1) is 6.61 Å². The van der Waals surface area contributed by atoms with Gasteiger partial charge in [0, 0.05) is 18.0 Å². The quantitative estimate of drug-likeness (QED) is 0.603. The van der Waals surface area contributed by atoms with Gasteiger partial charge in [0.2, 0.25) is 5.88 Å². The van der Waals surface area contributed by atoms with Crippen LogP contribution in [0.2, 0.25) is 0 Å². The molecular formula is C15H25N3O. The van der Waals surface area contributed by atoms with Crippen molar-refractivity contribution in [2.45, 2.75) is 46.0 Å². The standard InChI is InChI=1S/C15H25N3O/c1-6-8-10-19-13-11-12(16-9-7-2)17-14(18-13)15(3,4)5/h6,11H,1,7-10H2,2-5H3,(H,16,17,18). The Labute approximate surface area is 116 Å². The zero-order valence-corrected chi connectivity index (χ0v) is 12.5. The van der Waals surface area contributed by atoms with Gasteiger partial charge in [-0.15, -0.1) is 6.58 Å².